The SMILES string of the molecule is Cc1ccccc1-c1cscc1Cc1ccccc1Cl. The van der Waals surface area contributed by atoms with Crippen molar-refractivity contribution in [2.24, 2.45) is 0 Å². The van der Waals surface area contributed by atoms with Gasteiger partial charge in [0.15, 0.2) is 0 Å². The van der Waals surface area contributed by atoms with Crippen LogP contribution in [0.25, 0.3) is 11.1 Å². The first-order valence-corrected chi connectivity index (χ1v) is 7.92. The normalized spacial score (nSPS) is 10.7. The highest BCUT2D eigenvalue weighted by molar-refractivity contribution is 7.08. The van der Waals surface area contributed by atoms with Gasteiger partial charge in [-0.3, -0.25) is 0 Å². The highest BCUT2D eigenvalue weighted by Crippen LogP contribution is 2.32. The van der Waals surface area contributed by atoms with Gasteiger partial charge in [-0.25, -0.2) is 0 Å². The lowest BCUT2D eigenvalue weighted by molar-refractivity contribution is 1.21. The Balaban J connectivity index is 2.00. The van der Waals surface area contributed by atoms with E-state index in [0.717, 1.165) is 11.4 Å². The maximum absolute atomic E-state index is 6.27. The molecule has 0 radical (unpaired) electrons. The molecule has 1 heterocycles. The minimum Gasteiger partial charge on any atom is -0.151 e. The summed E-state index contributed by atoms with van der Waals surface area (Å²) in [6, 6.07) is 16.6. The van der Waals surface area contributed by atoms with Gasteiger partial charge >= 0.3 is 0 Å². The standard InChI is InChI=1S/C18H15ClS/c1-13-6-2-4-8-16(13)17-12-20-11-15(17)10-14-7-3-5-9-18(14)19/h2-9,11-12H,10H2,1H3. The van der Waals surface area contributed by atoms with E-state index in [1.165, 1.54) is 27.8 Å². The summed E-state index contributed by atoms with van der Waals surface area (Å²) in [5.41, 5.74) is 6.48. The predicted octanol–water partition coefficient (Wildman–Crippen LogP) is 5.97. The van der Waals surface area contributed by atoms with E-state index in [4.69, 9.17) is 11.6 Å². The van der Waals surface area contributed by atoms with E-state index in [0.29, 0.717) is 0 Å². The van der Waals surface area contributed by atoms with Crippen LogP contribution in [0.5, 0.6) is 0 Å². The average Bonchev–Trinajstić information content (AvgIpc) is 2.90. The first-order valence-electron chi connectivity index (χ1n) is 6.60. The summed E-state index contributed by atoms with van der Waals surface area (Å²) < 4.78 is 0. The molecule has 0 aliphatic rings. The van der Waals surface area contributed by atoms with Gasteiger partial charge in [-0.05, 0) is 51.6 Å². The van der Waals surface area contributed by atoms with Crippen molar-refractivity contribution < 1.29 is 0 Å². The lowest BCUT2D eigenvalue weighted by atomic mass is 9.96. The van der Waals surface area contributed by atoms with Gasteiger partial charge < -0.3 is 0 Å². The summed E-state index contributed by atoms with van der Waals surface area (Å²) >= 11 is 8.03. The number of rotatable bonds is 3. The van der Waals surface area contributed by atoms with Crippen LogP contribution < -0.4 is 0 Å². The molecule has 20 heavy (non-hydrogen) atoms. The summed E-state index contributed by atoms with van der Waals surface area (Å²) in [5, 5.41) is 5.30. The first-order chi connectivity index (χ1) is 9.75. The molecule has 0 atom stereocenters. The summed E-state index contributed by atoms with van der Waals surface area (Å²) in [6.45, 7) is 2.16. The number of hydrogen-bond donors (Lipinski definition) is 0. The second-order valence-corrected chi connectivity index (χ2v) is 6.04. The first kappa shape index (κ1) is 13.4. The summed E-state index contributed by atoms with van der Waals surface area (Å²) in [6.07, 6.45) is 0.882. The Kier molecular flexibility index (Phi) is 3.90. The minimum absolute atomic E-state index is 0.842. The van der Waals surface area contributed by atoms with Crippen LogP contribution in [0.3, 0.4) is 0 Å². The van der Waals surface area contributed by atoms with Crippen LogP contribution in [0.4, 0.5) is 0 Å². The number of thiophene rings is 1. The number of aryl methyl sites for hydroxylation is 1. The van der Waals surface area contributed by atoms with E-state index in [1.807, 2.05) is 18.2 Å². The topological polar surface area (TPSA) is 0 Å². The van der Waals surface area contributed by atoms with E-state index >= 15 is 0 Å². The highest BCUT2D eigenvalue weighted by Gasteiger charge is 2.10. The van der Waals surface area contributed by atoms with Gasteiger partial charge in [0.2, 0.25) is 0 Å². The molecule has 3 aromatic rings. The Morgan fingerprint density at radius 1 is 0.850 bits per heavy atom. The quantitative estimate of drug-likeness (QED) is 0.559. The van der Waals surface area contributed by atoms with Crippen LogP contribution in [0.15, 0.2) is 59.3 Å². The zero-order chi connectivity index (χ0) is 13.9. The highest BCUT2D eigenvalue weighted by atomic mass is 35.5. The van der Waals surface area contributed by atoms with Crippen molar-refractivity contribution in [1.82, 2.24) is 0 Å². The molecule has 1 aromatic heterocycles. The second-order valence-electron chi connectivity index (χ2n) is 4.89. The van der Waals surface area contributed by atoms with Crippen LogP contribution in [0.2, 0.25) is 5.02 Å². The average molecular weight is 299 g/mol. The molecule has 0 saturated carbocycles. The Morgan fingerprint density at radius 3 is 2.40 bits per heavy atom. The molecule has 0 nitrogen and oxygen atoms in total. The molecular formula is C18H15ClS. The van der Waals surface area contributed by atoms with Gasteiger partial charge in [-0.15, -0.1) is 0 Å². The molecule has 2 heteroatoms. The predicted molar refractivity (Wildman–Crippen MR) is 88.8 cm³/mol. The molecule has 0 unspecified atom stereocenters. The monoisotopic (exact) mass is 298 g/mol. The summed E-state index contributed by atoms with van der Waals surface area (Å²) in [7, 11) is 0. The van der Waals surface area contributed by atoms with Crippen molar-refractivity contribution in [3.63, 3.8) is 0 Å². The van der Waals surface area contributed by atoms with E-state index in [2.05, 4.69) is 48.0 Å². The largest absolute Gasteiger partial charge is 0.151 e. The number of hydrogen-bond acceptors (Lipinski definition) is 1. The molecule has 0 amide bonds. The van der Waals surface area contributed by atoms with Crippen molar-refractivity contribution in [2.75, 3.05) is 0 Å². The maximum atomic E-state index is 6.27. The van der Waals surface area contributed by atoms with Gasteiger partial charge in [0.1, 0.15) is 0 Å². The van der Waals surface area contributed by atoms with Crippen LogP contribution in [-0.2, 0) is 6.42 Å². The smallest absolute Gasteiger partial charge is 0.0441 e. The maximum Gasteiger partial charge on any atom is 0.0441 e. The Morgan fingerprint density at radius 2 is 1.60 bits per heavy atom. The van der Waals surface area contributed by atoms with Crippen molar-refractivity contribution in [3.05, 3.63) is 81.0 Å². The second kappa shape index (κ2) is 5.82. The molecule has 0 N–H and O–H groups in total. The van der Waals surface area contributed by atoms with E-state index < -0.39 is 0 Å². The third kappa shape index (κ3) is 2.65. The van der Waals surface area contributed by atoms with Gasteiger partial charge in [-0.2, -0.15) is 11.3 Å². The van der Waals surface area contributed by atoms with Gasteiger partial charge in [0.05, 0.1) is 0 Å². The molecular weight excluding hydrogens is 284 g/mol. The molecule has 3 rings (SSSR count). The molecule has 0 bridgehead atoms. The molecule has 0 aliphatic heterocycles. The third-order valence-corrected chi connectivity index (χ3v) is 4.68. The van der Waals surface area contributed by atoms with Crippen LogP contribution >= 0.6 is 22.9 Å². The Hall–Kier alpha value is -1.57. The van der Waals surface area contributed by atoms with Crippen LogP contribution in [0.1, 0.15) is 16.7 Å². The minimum atomic E-state index is 0.842. The lowest BCUT2D eigenvalue weighted by Crippen LogP contribution is -1.91. The molecule has 0 aliphatic carbocycles. The summed E-state index contributed by atoms with van der Waals surface area (Å²) in [4.78, 5) is 0. The van der Waals surface area contributed by atoms with Crippen molar-refractivity contribution in [2.45, 2.75) is 13.3 Å². The molecule has 0 fully saturated rings. The fraction of sp³-hybridized carbons (Fsp3) is 0.111. The third-order valence-electron chi connectivity index (χ3n) is 3.52. The number of halogens is 1. The molecule has 0 saturated heterocycles. The van der Waals surface area contributed by atoms with Crippen LogP contribution in [-0.4, -0.2) is 0 Å². The van der Waals surface area contributed by atoms with Crippen molar-refractivity contribution >= 4 is 22.9 Å². The van der Waals surface area contributed by atoms with E-state index in [-0.39, 0.29) is 0 Å². The van der Waals surface area contributed by atoms with Crippen molar-refractivity contribution in [1.29, 1.82) is 0 Å². The molecule has 0 spiro atoms. The molecule has 100 valence electrons. The fourth-order valence-electron chi connectivity index (χ4n) is 2.42. The Labute approximate surface area is 128 Å². The van der Waals surface area contributed by atoms with Gasteiger partial charge in [0.25, 0.3) is 0 Å². The van der Waals surface area contributed by atoms with Gasteiger partial charge in [-0.1, -0.05) is 54.1 Å². The Bertz CT molecular complexity index is 728. The van der Waals surface area contributed by atoms with E-state index in [1.54, 1.807) is 11.3 Å². The summed E-state index contributed by atoms with van der Waals surface area (Å²) in [5.74, 6) is 0. The van der Waals surface area contributed by atoms with Gasteiger partial charge in [0, 0.05) is 11.4 Å². The van der Waals surface area contributed by atoms with Crippen LogP contribution in [0, 0.1) is 6.92 Å². The molecule has 2 aromatic carbocycles. The zero-order valence-corrected chi connectivity index (χ0v) is 12.8. The van der Waals surface area contributed by atoms with E-state index in [9.17, 15) is 0 Å². The lowest BCUT2D eigenvalue weighted by Gasteiger charge is -2.08. The van der Waals surface area contributed by atoms with Crippen molar-refractivity contribution in [3.8, 4) is 11.1 Å². The fourth-order valence-corrected chi connectivity index (χ4v) is 3.48. The zero-order valence-electron chi connectivity index (χ0n) is 11.3. The number of benzene rings is 2.